The summed E-state index contributed by atoms with van der Waals surface area (Å²) in [6.07, 6.45) is 9.36. The number of allylic oxidation sites excluding steroid dienone is 1. The van der Waals surface area contributed by atoms with Gasteiger partial charge in [0.15, 0.2) is 5.78 Å². The molecule has 4 heterocycles. The number of Topliss-reactive ketones (excluding diaryl/α,β-unsaturated/α-hetero) is 1. The highest BCUT2D eigenvalue weighted by atomic mass is 35.5. The molecule has 2 fully saturated rings. The number of ketones is 1. The van der Waals surface area contributed by atoms with E-state index in [4.69, 9.17) is 23.2 Å². The van der Waals surface area contributed by atoms with Gasteiger partial charge in [0, 0.05) is 91.5 Å². The minimum absolute atomic E-state index is 0.0345. The van der Waals surface area contributed by atoms with E-state index in [0.29, 0.717) is 79.2 Å². The van der Waals surface area contributed by atoms with Gasteiger partial charge in [-0.05, 0) is 77.7 Å². The molecule has 2 atom stereocenters. The number of carboxylic acid groups (broad SMARTS) is 1. The van der Waals surface area contributed by atoms with E-state index in [1.807, 2.05) is 42.5 Å². The number of halogens is 2. The van der Waals surface area contributed by atoms with Crippen molar-refractivity contribution in [1.82, 2.24) is 28.4 Å². The topological polar surface area (TPSA) is 161 Å². The van der Waals surface area contributed by atoms with Crippen molar-refractivity contribution in [2.24, 2.45) is 0 Å². The number of rotatable bonds is 6. The molecule has 0 spiro atoms. The van der Waals surface area contributed by atoms with E-state index in [9.17, 15) is 31.5 Å². The zero-order valence-corrected chi connectivity index (χ0v) is 35.2. The smallest absolute Gasteiger partial charge is 0.336 e. The van der Waals surface area contributed by atoms with Gasteiger partial charge in [0.1, 0.15) is 0 Å². The highest BCUT2D eigenvalue weighted by Gasteiger charge is 2.37. The molecule has 2 aromatic carbocycles. The molecule has 0 saturated carbocycles. The maximum atomic E-state index is 12.4. The molecule has 4 aromatic rings. The Morgan fingerprint density at radius 2 is 1.03 bits per heavy atom. The predicted molar refractivity (Wildman–Crippen MR) is 225 cm³/mol. The maximum absolute atomic E-state index is 12.4. The molecule has 2 saturated heterocycles. The zero-order valence-electron chi connectivity index (χ0n) is 32.0. The first kappa shape index (κ1) is 41.8. The minimum Gasteiger partial charge on any atom is -0.478 e. The number of pyridine rings is 2. The molecule has 13 nitrogen and oxygen atoms in total. The molecular weight excluding hydrogens is 824 g/mol. The second-order valence-corrected chi connectivity index (χ2v) is 19.4. The summed E-state index contributed by atoms with van der Waals surface area (Å²) in [6, 6.07) is 17.9. The molecule has 2 aliphatic carbocycles. The maximum Gasteiger partial charge on any atom is 0.336 e. The average molecular weight is 866 g/mol. The first-order chi connectivity index (χ1) is 27.5. The minimum atomic E-state index is -3.25. The summed E-state index contributed by atoms with van der Waals surface area (Å²) in [5.41, 5.74) is 7.11. The lowest BCUT2D eigenvalue weighted by Crippen LogP contribution is -2.49. The average Bonchev–Trinajstić information content (AvgIpc) is 3.42. The van der Waals surface area contributed by atoms with Crippen molar-refractivity contribution in [3.63, 3.8) is 0 Å². The van der Waals surface area contributed by atoms with E-state index >= 15 is 0 Å². The number of hydrogen-bond donors (Lipinski definition) is 1. The molecule has 17 heteroatoms. The number of hydrogen-bond acceptors (Lipinski definition) is 10. The lowest BCUT2D eigenvalue weighted by Gasteiger charge is -2.38. The molecule has 0 bridgehead atoms. The number of carbonyl (C=O) groups excluding carboxylic acids is 1. The fourth-order valence-corrected chi connectivity index (χ4v) is 10.1. The zero-order chi connectivity index (χ0) is 41.5. The van der Waals surface area contributed by atoms with Crippen molar-refractivity contribution in [2.45, 2.75) is 19.0 Å². The van der Waals surface area contributed by atoms with Crippen LogP contribution in [-0.2, 0) is 29.6 Å². The normalized spacial score (nSPS) is 20.4. The fourth-order valence-electron chi connectivity index (χ4n) is 8.12. The standard InChI is InChI=1S/C21H22ClN3O3S.C20H20ClN3O4S/c1-14(26)19-13-15-12-16(22)5-6-17(15)21(20-18(19)4-3-7-23-20)24-8-10-25(11-9-24)29(2,27)28;1-29(27,28)24-9-7-23(8-10-24)19-15-5-4-14(21)11-13(15)12-17(20(25)26)16-3-2-6-22-18(16)19/h3-7,12-13,21H,8-11H2,1-2H3;2-6,11-12,19H,7-10H2,1H3,(H,25,26). The molecule has 58 heavy (non-hydrogen) atoms. The van der Waals surface area contributed by atoms with Crippen LogP contribution in [0.5, 0.6) is 0 Å². The summed E-state index contributed by atoms with van der Waals surface area (Å²) >= 11 is 12.4. The van der Waals surface area contributed by atoms with Crippen molar-refractivity contribution >= 4 is 78.3 Å². The Hall–Kier alpha value is -4.32. The number of piperazine rings is 2. The number of fused-ring (bicyclic) bond motifs is 4. The predicted octanol–water partition coefficient (Wildman–Crippen LogP) is 5.18. The molecular formula is C41H42Cl2N6O7S2. The summed E-state index contributed by atoms with van der Waals surface area (Å²) in [5.74, 6) is -1.07. The van der Waals surface area contributed by atoms with Crippen molar-refractivity contribution in [3.05, 3.63) is 128 Å². The summed E-state index contributed by atoms with van der Waals surface area (Å²) < 4.78 is 50.6. The Morgan fingerprint density at radius 3 is 1.41 bits per heavy atom. The van der Waals surface area contributed by atoms with Gasteiger partial charge < -0.3 is 5.11 Å². The summed E-state index contributed by atoms with van der Waals surface area (Å²) in [4.78, 5) is 38.0. The van der Waals surface area contributed by atoms with Gasteiger partial charge in [0.2, 0.25) is 20.0 Å². The summed E-state index contributed by atoms with van der Waals surface area (Å²) in [7, 11) is -6.46. The van der Waals surface area contributed by atoms with Gasteiger partial charge in [0.05, 0.1) is 41.6 Å². The van der Waals surface area contributed by atoms with Crippen LogP contribution in [0.25, 0.3) is 23.3 Å². The third kappa shape index (κ3) is 8.68. The molecule has 2 aliphatic heterocycles. The van der Waals surface area contributed by atoms with Gasteiger partial charge in [-0.1, -0.05) is 47.5 Å². The van der Waals surface area contributed by atoms with Crippen molar-refractivity contribution in [2.75, 3.05) is 64.9 Å². The summed E-state index contributed by atoms with van der Waals surface area (Å²) in [6.45, 7) is 5.32. The Bertz CT molecular complexity index is 2390. The van der Waals surface area contributed by atoms with E-state index in [0.717, 1.165) is 33.5 Å². The number of benzene rings is 2. The number of aliphatic carboxylic acids is 1. The Labute approximate surface area is 348 Å². The lowest BCUT2D eigenvalue weighted by atomic mass is 9.95. The lowest BCUT2D eigenvalue weighted by molar-refractivity contribution is -0.130. The first-order valence-corrected chi connectivity index (χ1v) is 23.0. The SMILES string of the molecule is CC(=O)C1=Cc2cc(Cl)ccc2C(N2CCN(S(C)(=O)=O)CC2)c2ncccc21.CS(=O)(=O)N1CCN(C2c3ccc(Cl)cc3C=C(C(=O)O)c3cccnc32)CC1. The van der Waals surface area contributed by atoms with Crippen LogP contribution >= 0.6 is 23.2 Å². The fraction of sp³-hybridized carbons (Fsp3) is 0.317. The first-order valence-electron chi connectivity index (χ1n) is 18.6. The Kier molecular flexibility index (Phi) is 12.1. The van der Waals surface area contributed by atoms with Crippen LogP contribution in [0.3, 0.4) is 0 Å². The highest BCUT2D eigenvalue weighted by molar-refractivity contribution is 7.88. The number of carboxylic acids is 1. The van der Waals surface area contributed by atoms with E-state index in [1.165, 1.54) is 21.1 Å². The van der Waals surface area contributed by atoms with E-state index < -0.39 is 26.0 Å². The molecule has 2 aromatic heterocycles. The number of sulfonamides is 2. The van der Waals surface area contributed by atoms with Crippen LogP contribution in [0, 0.1) is 0 Å². The van der Waals surface area contributed by atoms with Crippen molar-refractivity contribution in [3.8, 4) is 0 Å². The molecule has 0 amide bonds. The van der Waals surface area contributed by atoms with Crippen LogP contribution in [-0.4, -0.2) is 127 Å². The van der Waals surface area contributed by atoms with E-state index in [-0.39, 0.29) is 23.4 Å². The van der Waals surface area contributed by atoms with Gasteiger partial charge in [-0.15, -0.1) is 0 Å². The third-order valence-electron chi connectivity index (χ3n) is 10.9. The molecule has 0 radical (unpaired) electrons. The molecule has 1 N–H and O–H groups in total. The van der Waals surface area contributed by atoms with Crippen LogP contribution in [0.15, 0.2) is 73.1 Å². The Balaban J connectivity index is 0.000000177. The van der Waals surface area contributed by atoms with Gasteiger partial charge >= 0.3 is 5.97 Å². The molecule has 2 unspecified atom stereocenters. The number of nitrogens with zero attached hydrogens (tertiary/aromatic N) is 6. The highest BCUT2D eigenvalue weighted by Crippen LogP contribution is 2.42. The number of aromatic nitrogens is 2. The van der Waals surface area contributed by atoms with Crippen LogP contribution in [0.4, 0.5) is 0 Å². The Morgan fingerprint density at radius 1 is 0.638 bits per heavy atom. The summed E-state index contributed by atoms with van der Waals surface area (Å²) in [5, 5.41) is 10.9. The van der Waals surface area contributed by atoms with Gasteiger partial charge in [-0.25, -0.2) is 21.6 Å². The van der Waals surface area contributed by atoms with Gasteiger partial charge in [0.25, 0.3) is 0 Å². The van der Waals surface area contributed by atoms with Gasteiger partial charge in [-0.2, -0.15) is 8.61 Å². The van der Waals surface area contributed by atoms with E-state index in [1.54, 1.807) is 49.7 Å². The largest absolute Gasteiger partial charge is 0.478 e. The van der Waals surface area contributed by atoms with Crippen LogP contribution in [0.1, 0.15) is 63.8 Å². The molecule has 4 aliphatic rings. The van der Waals surface area contributed by atoms with Crippen molar-refractivity contribution in [1.29, 1.82) is 0 Å². The van der Waals surface area contributed by atoms with Crippen LogP contribution < -0.4 is 0 Å². The number of carbonyl (C=O) groups is 2. The second-order valence-electron chi connectivity index (χ2n) is 14.6. The van der Waals surface area contributed by atoms with E-state index in [2.05, 4.69) is 19.8 Å². The van der Waals surface area contributed by atoms with Crippen LogP contribution in [0.2, 0.25) is 10.0 Å². The third-order valence-corrected chi connectivity index (χ3v) is 14.0. The quantitative estimate of drug-likeness (QED) is 0.272. The van der Waals surface area contributed by atoms with Gasteiger partial charge in [-0.3, -0.25) is 24.6 Å². The monoisotopic (exact) mass is 864 g/mol. The van der Waals surface area contributed by atoms with Crippen molar-refractivity contribution < 1.29 is 31.5 Å². The molecule has 8 rings (SSSR count). The molecule has 304 valence electrons. The second kappa shape index (κ2) is 16.7.